The molecule has 44 heavy (non-hydrogen) atoms. The van der Waals surface area contributed by atoms with Crippen LogP contribution in [0.15, 0.2) is 102 Å². The topological polar surface area (TPSA) is 106 Å². The zero-order valence-electron chi connectivity index (χ0n) is 24.0. The zero-order valence-corrected chi connectivity index (χ0v) is 25.5. The molecule has 5 aromatic rings. The van der Waals surface area contributed by atoms with E-state index in [0.29, 0.717) is 44.2 Å². The normalized spacial score (nSPS) is 12.3. The number of methoxy groups -OCH3 is 2. The van der Waals surface area contributed by atoms with Crippen LogP contribution in [0.25, 0.3) is 0 Å². The van der Waals surface area contributed by atoms with Crippen molar-refractivity contribution in [2.75, 3.05) is 14.2 Å². The predicted molar refractivity (Wildman–Crippen MR) is 168 cm³/mol. The molecule has 0 radical (unpaired) electrons. The smallest absolute Gasteiger partial charge is 0.374 e. The molecule has 226 valence electrons. The number of furan rings is 1. The molecule has 0 bridgehead atoms. The summed E-state index contributed by atoms with van der Waals surface area (Å²) in [5.41, 5.74) is 9.61. The molecule has 0 unspecified atom stereocenters. The minimum Gasteiger partial charge on any atom is -0.493 e. The van der Waals surface area contributed by atoms with E-state index in [1.165, 1.54) is 19.5 Å². The maximum Gasteiger partial charge on any atom is 0.374 e. The Kier molecular flexibility index (Phi) is 10.1. The average Bonchev–Trinajstić information content (AvgIpc) is 3.54. The molecular weight excluding hydrogens is 603 g/mol. The maximum absolute atomic E-state index is 13.3. The van der Waals surface area contributed by atoms with E-state index in [0.717, 1.165) is 11.1 Å². The SMILES string of the molecule is COc1ccc([C@H](Cc2c(Cl)cncc2Cl)OC(=O)c2ccc(COc3ccc([C@H](N)c4ccccc4)cc3)o2)cc1OC. The third kappa shape index (κ3) is 7.34. The summed E-state index contributed by atoms with van der Waals surface area (Å²) in [5.74, 6) is 1.44. The van der Waals surface area contributed by atoms with Crippen molar-refractivity contribution in [2.24, 2.45) is 5.73 Å². The van der Waals surface area contributed by atoms with Gasteiger partial charge in [-0.3, -0.25) is 4.98 Å². The third-order valence-corrected chi connectivity index (χ3v) is 7.66. The van der Waals surface area contributed by atoms with Crippen molar-refractivity contribution in [3.05, 3.63) is 141 Å². The van der Waals surface area contributed by atoms with Gasteiger partial charge in [-0.1, -0.05) is 71.7 Å². The number of hydrogen-bond donors (Lipinski definition) is 1. The molecular formula is C34H30Cl2N2O6. The molecule has 0 fully saturated rings. The molecule has 5 rings (SSSR count). The van der Waals surface area contributed by atoms with Gasteiger partial charge in [0.05, 0.1) is 30.3 Å². The van der Waals surface area contributed by atoms with Gasteiger partial charge in [0.2, 0.25) is 5.76 Å². The summed E-state index contributed by atoms with van der Waals surface area (Å²) in [5, 5.41) is 0.707. The molecule has 2 atom stereocenters. The Hall–Kier alpha value is -4.50. The van der Waals surface area contributed by atoms with Crippen LogP contribution in [0.5, 0.6) is 17.2 Å². The van der Waals surface area contributed by atoms with Crippen LogP contribution in [0.4, 0.5) is 0 Å². The average molecular weight is 634 g/mol. The molecule has 0 saturated carbocycles. The molecule has 2 N–H and O–H groups in total. The molecule has 8 nitrogen and oxygen atoms in total. The van der Waals surface area contributed by atoms with Crippen LogP contribution < -0.4 is 19.9 Å². The zero-order chi connectivity index (χ0) is 31.1. The molecule has 2 aromatic heterocycles. The number of aromatic nitrogens is 1. The summed E-state index contributed by atoms with van der Waals surface area (Å²) < 4.78 is 28.4. The second-order valence-electron chi connectivity index (χ2n) is 9.81. The van der Waals surface area contributed by atoms with Crippen molar-refractivity contribution in [3.63, 3.8) is 0 Å². The van der Waals surface area contributed by atoms with E-state index in [4.69, 9.17) is 52.3 Å². The first kappa shape index (κ1) is 30.9. The number of halogens is 2. The lowest BCUT2D eigenvalue weighted by atomic mass is 10.00. The minimum atomic E-state index is -0.787. The van der Waals surface area contributed by atoms with Crippen molar-refractivity contribution in [3.8, 4) is 17.2 Å². The van der Waals surface area contributed by atoms with Crippen LogP contribution in [0.3, 0.4) is 0 Å². The monoisotopic (exact) mass is 632 g/mol. The van der Waals surface area contributed by atoms with Gasteiger partial charge in [0.1, 0.15) is 24.2 Å². The lowest BCUT2D eigenvalue weighted by Crippen LogP contribution is -2.14. The molecule has 3 aromatic carbocycles. The van der Waals surface area contributed by atoms with Crippen LogP contribution in [0, 0.1) is 0 Å². The van der Waals surface area contributed by atoms with Gasteiger partial charge in [0, 0.05) is 18.8 Å². The van der Waals surface area contributed by atoms with Crippen molar-refractivity contribution in [2.45, 2.75) is 25.2 Å². The number of pyridine rings is 1. The standard InChI is InChI=1S/C34H30Cl2N2O6/c1-40-29-14-10-23(16-32(29)41-2)31(17-26-27(35)18-38-19-28(26)36)44-34(39)30-15-13-25(43-30)20-42-24-11-8-22(9-12-24)33(37)21-6-4-3-5-7-21/h3-16,18-19,31,33H,17,20,37H2,1-2H3/t31-,33+/m0/s1. The van der Waals surface area contributed by atoms with Gasteiger partial charge in [-0.25, -0.2) is 4.79 Å². The Bertz CT molecular complexity index is 1690. The molecule has 0 saturated heterocycles. The lowest BCUT2D eigenvalue weighted by Gasteiger charge is -2.20. The number of nitrogens with zero attached hydrogens (tertiary/aromatic N) is 1. The van der Waals surface area contributed by atoms with Gasteiger partial charge >= 0.3 is 5.97 Å². The fourth-order valence-electron chi connectivity index (χ4n) is 4.63. The van der Waals surface area contributed by atoms with Crippen LogP contribution in [0.2, 0.25) is 10.0 Å². The summed E-state index contributed by atoms with van der Waals surface area (Å²) >= 11 is 12.8. The molecule has 0 aliphatic carbocycles. The summed E-state index contributed by atoms with van der Waals surface area (Å²) in [6, 6.07) is 25.6. The lowest BCUT2D eigenvalue weighted by molar-refractivity contribution is 0.0257. The van der Waals surface area contributed by atoms with E-state index in [1.807, 2.05) is 54.6 Å². The summed E-state index contributed by atoms with van der Waals surface area (Å²) in [6.45, 7) is 0.110. The van der Waals surface area contributed by atoms with Crippen molar-refractivity contribution in [1.82, 2.24) is 4.98 Å². The van der Waals surface area contributed by atoms with Gasteiger partial charge in [-0.2, -0.15) is 0 Å². The van der Waals surface area contributed by atoms with Crippen LogP contribution in [-0.2, 0) is 17.8 Å². The fourth-order valence-corrected chi connectivity index (χ4v) is 5.15. The van der Waals surface area contributed by atoms with Crippen molar-refractivity contribution < 1.29 is 28.2 Å². The van der Waals surface area contributed by atoms with E-state index in [9.17, 15) is 4.79 Å². The second-order valence-corrected chi connectivity index (χ2v) is 10.6. The number of hydrogen-bond acceptors (Lipinski definition) is 8. The Labute approximate surface area is 265 Å². The van der Waals surface area contributed by atoms with Crippen molar-refractivity contribution >= 4 is 29.2 Å². The first-order valence-corrected chi connectivity index (χ1v) is 14.4. The molecule has 2 heterocycles. The number of esters is 1. The minimum absolute atomic E-state index is 0.0187. The molecule has 0 aliphatic heterocycles. The first-order valence-electron chi connectivity index (χ1n) is 13.7. The van der Waals surface area contributed by atoms with Gasteiger partial charge in [0.15, 0.2) is 11.5 Å². The summed E-state index contributed by atoms with van der Waals surface area (Å²) in [6.07, 6.45) is 2.37. The highest BCUT2D eigenvalue weighted by Gasteiger charge is 2.25. The van der Waals surface area contributed by atoms with Gasteiger partial charge in [-0.05, 0) is 58.7 Å². The quantitative estimate of drug-likeness (QED) is 0.139. The van der Waals surface area contributed by atoms with E-state index >= 15 is 0 Å². The number of benzene rings is 3. The molecule has 0 amide bonds. The number of rotatable bonds is 12. The number of nitrogens with two attached hydrogens (primary N) is 1. The van der Waals surface area contributed by atoms with E-state index in [2.05, 4.69) is 4.98 Å². The van der Waals surface area contributed by atoms with Crippen molar-refractivity contribution in [1.29, 1.82) is 0 Å². The van der Waals surface area contributed by atoms with Crippen LogP contribution in [-0.4, -0.2) is 25.2 Å². The summed E-state index contributed by atoms with van der Waals surface area (Å²) in [7, 11) is 3.07. The Morgan fingerprint density at radius 1 is 0.841 bits per heavy atom. The first-order chi connectivity index (χ1) is 21.4. The number of carbonyl (C=O) groups excluding carboxylic acids is 1. The third-order valence-electron chi connectivity index (χ3n) is 7.01. The van der Waals surface area contributed by atoms with E-state index in [1.54, 1.807) is 37.4 Å². The molecule has 10 heteroatoms. The molecule has 0 aliphatic rings. The predicted octanol–water partition coefficient (Wildman–Crippen LogP) is 7.77. The highest BCUT2D eigenvalue weighted by Crippen LogP contribution is 2.35. The largest absolute Gasteiger partial charge is 0.493 e. The maximum atomic E-state index is 13.3. The number of carbonyl (C=O) groups is 1. The fraction of sp³-hybridized carbons (Fsp3) is 0.176. The van der Waals surface area contributed by atoms with Gasteiger partial charge in [0.25, 0.3) is 0 Å². The second kappa shape index (κ2) is 14.3. The highest BCUT2D eigenvalue weighted by molar-refractivity contribution is 6.35. The van der Waals surface area contributed by atoms with Crippen LogP contribution in [0.1, 0.15) is 50.7 Å². The van der Waals surface area contributed by atoms with E-state index < -0.39 is 12.1 Å². The van der Waals surface area contributed by atoms with Gasteiger partial charge < -0.3 is 29.1 Å². The number of ether oxygens (including phenoxy) is 4. The Morgan fingerprint density at radius 3 is 2.18 bits per heavy atom. The Balaban J connectivity index is 1.27. The molecule has 0 spiro atoms. The highest BCUT2D eigenvalue weighted by atomic mass is 35.5. The summed E-state index contributed by atoms with van der Waals surface area (Å²) in [4.78, 5) is 17.3. The van der Waals surface area contributed by atoms with E-state index in [-0.39, 0.29) is 24.8 Å². The van der Waals surface area contributed by atoms with Gasteiger partial charge in [-0.15, -0.1) is 0 Å². The Morgan fingerprint density at radius 2 is 1.50 bits per heavy atom. The van der Waals surface area contributed by atoms with Crippen LogP contribution >= 0.6 is 23.2 Å².